The number of aliphatic imine (C=N–C) groups is 1. The van der Waals surface area contributed by atoms with Crippen molar-refractivity contribution in [2.75, 3.05) is 7.05 Å². The molecule has 0 saturated carbocycles. The summed E-state index contributed by atoms with van der Waals surface area (Å²) in [6.45, 7) is 3.94. The van der Waals surface area contributed by atoms with Crippen LogP contribution in [0.15, 0.2) is 28.4 Å². The standard InChI is InChI=1S/C8H14N2/c1-7(5-9)4-8(2)6-10-3/h4-6H,9H2,1-3H3. The van der Waals surface area contributed by atoms with E-state index >= 15 is 0 Å². The maximum Gasteiger partial charge on any atom is 0.0277 e. The Morgan fingerprint density at radius 3 is 2.30 bits per heavy atom. The van der Waals surface area contributed by atoms with Crippen LogP contribution in [0.1, 0.15) is 13.8 Å². The van der Waals surface area contributed by atoms with Crippen molar-refractivity contribution in [1.82, 2.24) is 0 Å². The molecule has 0 aliphatic heterocycles. The highest BCUT2D eigenvalue weighted by atomic mass is 14.6. The van der Waals surface area contributed by atoms with Crippen molar-refractivity contribution in [2.45, 2.75) is 13.8 Å². The fourth-order valence-corrected chi connectivity index (χ4v) is 0.648. The zero-order valence-electron chi connectivity index (χ0n) is 6.76. The van der Waals surface area contributed by atoms with Gasteiger partial charge in [-0.15, -0.1) is 0 Å². The summed E-state index contributed by atoms with van der Waals surface area (Å²) in [4.78, 5) is 3.86. The highest BCUT2D eigenvalue weighted by Gasteiger charge is 1.82. The number of nitrogens with two attached hydrogens (primary N) is 1. The smallest absolute Gasteiger partial charge is 0.0277 e. The third kappa shape index (κ3) is 3.89. The molecule has 0 spiro atoms. The van der Waals surface area contributed by atoms with Gasteiger partial charge in [0.05, 0.1) is 0 Å². The minimum atomic E-state index is 1.05. The zero-order chi connectivity index (χ0) is 7.98. The van der Waals surface area contributed by atoms with Gasteiger partial charge in [-0.1, -0.05) is 6.08 Å². The second-order valence-corrected chi connectivity index (χ2v) is 2.19. The summed E-state index contributed by atoms with van der Waals surface area (Å²) in [6.07, 6.45) is 5.35. The summed E-state index contributed by atoms with van der Waals surface area (Å²) >= 11 is 0. The van der Waals surface area contributed by atoms with Crippen molar-refractivity contribution in [1.29, 1.82) is 0 Å². The molecule has 0 amide bonds. The molecule has 0 radical (unpaired) electrons. The van der Waals surface area contributed by atoms with Crippen molar-refractivity contribution < 1.29 is 0 Å². The lowest BCUT2D eigenvalue weighted by Gasteiger charge is -1.90. The normalized spacial score (nSPS) is 14.7. The van der Waals surface area contributed by atoms with Crippen molar-refractivity contribution >= 4 is 6.21 Å². The summed E-state index contributed by atoms with van der Waals surface area (Å²) in [5, 5.41) is 0. The van der Waals surface area contributed by atoms with Crippen LogP contribution in [0.3, 0.4) is 0 Å². The number of hydrogen-bond acceptors (Lipinski definition) is 2. The summed E-state index contributed by atoms with van der Waals surface area (Å²) < 4.78 is 0. The van der Waals surface area contributed by atoms with Crippen LogP contribution < -0.4 is 5.73 Å². The van der Waals surface area contributed by atoms with E-state index < -0.39 is 0 Å². The van der Waals surface area contributed by atoms with Crippen LogP contribution in [-0.4, -0.2) is 13.3 Å². The van der Waals surface area contributed by atoms with Gasteiger partial charge in [0, 0.05) is 13.3 Å². The van der Waals surface area contributed by atoms with Gasteiger partial charge in [0.1, 0.15) is 0 Å². The molecule has 0 saturated heterocycles. The van der Waals surface area contributed by atoms with E-state index in [4.69, 9.17) is 5.73 Å². The van der Waals surface area contributed by atoms with Crippen LogP contribution in [0.5, 0.6) is 0 Å². The first-order valence-electron chi connectivity index (χ1n) is 3.19. The molecule has 2 heteroatoms. The predicted octanol–water partition coefficient (Wildman–Crippen LogP) is 1.50. The Bertz CT molecular complexity index is 176. The largest absolute Gasteiger partial charge is 0.404 e. The van der Waals surface area contributed by atoms with E-state index in [1.165, 1.54) is 0 Å². The summed E-state index contributed by atoms with van der Waals surface area (Å²) in [5.74, 6) is 0. The maximum absolute atomic E-state index is 5.27. The molecule has 0 aliphatic rings. The van der Waals surface area contributed by atoms with Gasteiger partial charge in [0.25, 0.3) is 0 Å². The quantitative estimate of drug-likeness (QED) is 0.455. The lowest BCUT2D eigenvalue weighted by Crippen LogP contribution is -1.83. The Balaban J connectivity index is 4.16. The van der Waals surface area contributed by atoms with Crippen molar-refractivity contribution in [3.63, 3.8) is 0 Å². The molecule has 0 rings (SSSR count). The highest BCUT2D eigenvalue weighted by molar-refractivity contribution is 5.78. The summed E-state index contributed by atoms with van der Waals surface area (Å²) in [5.41, 5.74) is 7.43. The molecule has 0 aromatic carbocycles. The SMILES string of the molecule is CN=CC(C)=CC(C)=CN. The van der Waals surface area contributed by atoms with Gasteiger partial charge in [-0.05, 0) is 31.2 Å². The Labute approximate surface area is 62.1 Å². The number of hydrogen-bond donors (Lipinski definition) is 1. The van der Waals surface area contributed by atoms with E-state index in [2.05, 4.69) is 4.99 Å². The van der Waals surface area contributed by atoms with Gasteiger partial charge < -0.3 is 5.73 Å². The Morgan fingerprint density at radius 2 is 1.90 bits per heavy atom. The van der Waals surface area contributed by atoms with E-state index in [0.717, 1.165) is 11.1 Å². The van der Waals surface area contributed by atoms with Gasteiger partial charge in [0.15, 0.2) is 0 Å². The molecule has 2 nitrogen and oxygen atoms in total. The van der Waals surface area contributed by atoms with E-state index in [1.807, 2.05) is 19.9 Å². The Morgan fingerprint density at radius 1 is 1.30 bits per heavy atom. The monoisotopic (exact) mass is 138 g/mol. The summed E-state index contributed by atoms with van der Waals surface area (Å²) in [6, 6.07) is 0. The van der Waals surface area contributed by atoms with Gasteiger partial charge >= 0.3 is 0 Å². The van der Waals surface area contributed by atoms with Crippen LogP contribution in [0.25, 0.3) is 0 Å². The molecule has 0 aromatic rings. The average Bonchev–Trinajstić information content (AvgIpc) is 1.88. The molecule has 0 aromatic heterocycles. The lowest BCUT2D eigenvalue weighted by atomic mass is 10.2. The van der Waals surface area contributed by atoms with Crippen LogP contribution >= 0.6 is 0 Å². The minimum Gasteiger partial charge on any atom is -0.404 e. The highest BCUT2D eigenvalue weighted by Crippen LogP contribution is 1.96. The van der Waals surface area contributed by atoms with E-state index in [-0.39, 0.29) is 0 Å². The number of nitrogens with zero attached hydrogens (tertiary/aromatic N) is 1. The molecule has 10 heavy (non-hydrogen) atoms. The van der Waals surface area contributed by atoms with Gasteiger partial charge in [0.2, 0.25) is 0 Å². The van der Waals surface area contributed by atoms with Gasteiger partial charge in [-0.3, -0.25) is 4.99 Å². The van der Waals surface area contributed by atoms with E-state index in [9.17, 15) is 0 Å². The maximum atomic E-state index is 5.27. The average molecular weight is 138 g/mol. The molecule has 0 aliphatic carbocycles. The lowest BCUT2D eigenvalue weighted by molar-refractivity contribution is 1.39. The summed E-state index contributed by atoms with van der Waals surface area (Å²) in [7, 11) is 1.75. The molecule has 0 unspecified atom stereocenters. The van der Waals surface area contributed by atoms with Gasteiger partial charge in [-0.2, -0.15) is 0 Å². The predicted molar refractivity (Wildman–Crippen MR) is 46.1 cm³/mol. The molecule has 0 fully saturated rings. The second-order valence-electron chi connectivity index (χ2n) is 2.19. The number of allylic oxidation sites excluding steroid dienone is 3. The molecular weight excluding hydrogens is 124 g/mol. The van der Waals surface area contributed by atoms with Gasteiger partial charge in [-0.25, -0.2) is 0 Å². The number of rotatable bonds is 2. The Hall–Kier alpha value is -1.05. The van der Waals surface area contributed by atoms with Crippen molar-refractivity contribution in [3.05, 3.63) is 23.4 Å². The van der Waals surface area contributed by atoms with Crippen LogP contribution in [0.4, 0.5) is 0 Å². The molecule has 56 valence electrons. The first-order valence-corrected chi connectivity index (χ1v) is 3.19. The molecular formula is C8H14N2. The Kier molecular flexibility index (Phi) is 4.29. The van der Waals surface area contributed by atoms with Crippen molar-refractivity contribution in [2.24, 2.45) is 10.7 Å². The van der Waals surface area contributed by atoms with Crippen LogP contribution in [0.2, 0.25) is 0 Å². The second kappa shape index (κ2) is 4.79. The van der Waals surface area contributed by atoms with Crippen LogP contribution in [-0.2, 0) is 0 Å². The first kappa shape index (κ1) is 8.95. The first-order chi connectivity index (χ1) is 4.70. The molecule has 2 N–H and O–H groups in total. The topological polar surface area (TPSA) is 38.4 Å². The van der Waals surface area contributed by atoms with E-state index in [0.29, 0.717) is 0 Å². The third-order valence-electron chi connectivity index (χ3n) is 1.05. The zero-order valence-corrected chi connectivity index (χ0v) is 6.76. The minimum absolute atomic E-state index is 1.05. The molecule has 0 atom stereocenters. The molecule has 0 bridgehead atoms. The van der Waals surface area contributed by atoms with Crippen LogP contribution in [0, 0.1) is 0 Å². The van der Waals surface area contributed by atoms with Crippen molar-refractivity contribution in [3.8, 4) is 0 Å². The fourth-order valence-electron chi connectivity index (χ4n) is 0.648. The fraction of sp³-hybridized carbons (Fsp3) is 0.375. The van der Waals surface area contributed by atoms with E-state index in [1.54, 1.807) is 19.5 Å². The third-order valence-corrected chi connectivity index (χ3v) is 1.05. The molecule has 0 heterocycles.